The van der Waals surface area contributed by atoms with Gasteiger partial charge in [0.25, 0.3) is 0 Å². The molecule has 1 aromatic heterocycles. The molecule has 0 bridgehead atoms. The Morgan fingerprint density at radius 1 is 1.30 bits per heavy atom. The van der Waals surface area contributed by atoms with E-state index in [1.54, 1.807) is 0 Å². The first kappa shape index (κ1) is 17.2. The van der Waals surface area contributed by atoms with Gasteiger partial charge in [-0.1, -0.05) is 0 Å². The van der Waals surface area contributed by atoms with E-state index in [9.17, 15) is 5.11 Å². The Bertz CT molecular complexity index is 393. The first-order valence-corrected chi connectivity index (χ1v) is 7.29. The van der Waals surface area contributed by atoms with E-state index < -0.39 is 6.10 Å². The van der Waals surface area contributed by atoms with Crippen LogP contribution in [0.1, 0.15) is 46.1 Å². The molecule has 0 aromatic carbocycles. The van der Waals surface area contributed by atoms with Gasteiger partial charge in [0, 0.05) is 12.6 Å². The number of aliphatic hydroxyl groups excluding tert-OH is 1. The number of ether oxygens (including phenoxy) is 1. The van der Waals surface area contributed by atoms with E-state index in [4.69, 9.17) is 9.15 Å². The van der Waals surface area contributed by atoms with Gasteiger partial charge in [-0.2, -0.15) is 0 Å². The van der Waals surface area contributed by atoms with Crippen molar-refractivity contribution in [2.45, 2.75) is 65.8 Å². The van der Waals surface area contributed by atoms with E-state index in [1.165, 1.54) is 0 Å². The van der Waals surface area contributed by atoms with Gasteiger partial charge in [-0.25, -0.2) is 0 Å². The molecular weight excluding hydrogens is 254 g/mol. The summed E-state index contributed by atoms with van der Waals surface area (Å²) in [5, 5.41) is 10.1. The van der Waals surface area contributed by atoms with Crippen molar-refractivity contribution in [1.29, 1.82) is 0 Å². The predicted octanol–water partition coefficient (Wildman–Crippen LogP) is 2.97. The molecule has 116 valence electrons. The Morgan fingerprint density at radius 2 is 1.95 bits per heavy atom. The zero-order valence-corrected chi connectivity index (χ0v) is 13.6. The summed E-state index contributed by atoms with van der Waals surface area (Å²) in [5.41, 5.74) is -0.220. The Morgan fingerprint density at radius 3 is 2.40 bits per heavy atom. The maximum absolute atomic E-state index is 10.1. The molecule has 0 radical (unpaired) electrons. The molecule has 0 aliphatic carbocycles. The molecule has 0 saturated carbocycles. The van der Waals surface area contributed by atoms with Crippen molar-refractivity contribution in [1.82, 2.24) is 4.90 Å². The molecule has 1 N–H and O–H groups in total. The van der Waals surface area contributed by atoms with E-state index in [1.807, 2.05) is 39.8 Å². The molecule has 0 aliphatic heterocycles. The molecule has 4 nitrogen and oxygen atoms in total. The van der Waals surface area contributed by atoms with Crippen LogP contribution in [0.5, 0.6) is 0 Å². The van der Waals surface area contributed by atoms with Crippen LogP contribution >= 0.6 is 0 Å². The lowest BCUT2D eigenvalue weighted by atomic mass is 10.2. The highest BCUT2D eigenvalue weighted by atomic mass is 16.5. The predicted molar refractivity (Wildman–Crippen MR) is 80.7 cm³/mol. The summed E-state index contributed by atoms with van der Waals surface area (Å²) >= 11 is 0. The molecule has 0 spiro atoms. The summed E-state index contributed by atoms with van der Waals surface area (Å²) in [4.78, 5) is 2.19. The zero-order chi connectivity index (χ0) is 15.3. The Balaban J connectivity index is 2.50. The van der Waals surface area contributed by atoms with E-state index in [0.29, 0.717) is 25.7 Å². The third-order valence-electron chi connectivity index (χ3n) is 3.04. The second kappa shape index (κ2) is 7.25. The highest BCUT2D eigenvalue weighted by Gasteiger charge is 2.19. The summed E-state index contributed by atoms with van der Waals surface area (Å²) in [7, 11) is 0. The smallest absolute Gasteiger partial charge is 0.118 e. The van der Waals surface area contributed by atoms with Crippen LogP contribution < -0.4 is 0 Å². The summed E-state index contributed by atoms with van der Waals surface area (Å²) < 4.78 is 11.2. The van der Waals surface area contributed by atoms with Gasteiger partial charge in [0.15, 0.2) is 0 Å². The number of nitrogens with zero attached hydrogens (tertiary/aromatic N) is 1. The fourth-order valence-corrected chi connectivity index (χ4v) is 1.90. The van der Waals surface area contributed by atoms with Gasteiger partial charge in [0.1, 0.15) is 11.5 Å². The molecule has 1 atom stereocenters. The standard InChI is InChI=1S/C16H29NO3/c1-12(2)17(10-15-8-7-13(3)20-15)9-14(18)11-19-16(4,5)6/h7-8,12,14,18H,9-11H2,1-6H3/t14-/m0/s1. The van der Waals surface area contributed by atoms with E-state index >= 15 is 0 Å². The summed E-state index contributed by atoms with van der Waals surface area (Å²) in [6.45, 7) is 13.8. The van der Waals surface area contributed by atoms with Crippen LogP contribution in [0.4, 0.5) is 0 Å². The van der Waals surface area contributed by atoms with Crippen LogP contribution in [-0.4, -0.2) is 40.9 Å². The minimum absolute atomic E-state index is 0.220. The van der Waals surface area contributed by atoms with Crippen LogP contribution in [-0.2, 0) is 11.3 Å². The van der Waals surface area contributed by atoms with E-state index in [-0.39, 0.29) is 5.60 Å². The first-order valence-electron chi connectivity index (χ1n) is 7.29. The molecule has 1 aromatic rings. The third kappa shape index (κ3) is 6.55. The third-order valence-corrected chi connectivity index (χ3v) is 3.04. The summed E-state index contributed by atoms with van der Waals surface area (Å²) in [5.74, 6) is 1.85. The lowest BCUT2D eigenvalue weighted by molar-refractivity contribution is -0.0591. The monoisotopic (exact) mass is 283 g/mol. The van der Waals surface area contributed by atoms with Crippen molar-refractivity contribution >= 4 is 0 Å². The first-order chi connectivity index (χ1) is 9.17. The lowest BCUT2D eigenvalue weighted by Crippen LogP contribution is -2.40. The van der Waals surface area contributed by atoms with Crippen LogP contribution in [0.25, 0.3) is 0 Å². The number of aryl methyl sites for hydroxylation is 1. The topological polar surface area (TPSA) is 45.8 Å². The van der Waals surface area contributed by atoms with Gasteiger partial charge < -0.3 is 14.3 Å². The van der Waals surface area contributed by atoms with Gasteiger partial charge >= 0.3 is 0 Å². The lowest BCUT2D eigenvalue weighted by Gasteiger charge is -2.29. The Kier molecular flexibility index (Phi) is 6.24. The van der Waals surface area contributed by atoms with Crippen molar-refractivity contribution in [3.8, 4) is 0 Å². The van der Waals surface area contributed by atoms with Crippen LogP contribution in [0, 0.1) is 6.92 Å². The average molecular weight is 283 g/mol. The Hall–Kier alpha value is -0.840. The molecule has 4 heteroatoms. The van der Waals surface area contributed by atoms with Crippen LogP contribution in [0.3, 0.4) is 0 Å². The van der Waals surface area contributed by atoms with Crippen molar-refractivity contribution in [2.24, 2.45) is 0 Å². The van der Waals surface area contributed by atoms with Gasteiger partial charge in [-0.05, 0) is 53.7 Å². The number of rotatable bonds is 7. The molecule has 0 unspecified atom stereocenters. The number of hydrogen-bond acceptors (Lipinski definition) is 4. The number of aliphatic hydroxyl groups is 1. The maximum atomic E-state index is 10.1. The second-order valence-corrected chi connectivity index (χ2v) is 6.61. The minimum atomic E-state index is -0.493. The fourth-order valence-electron chi connectivity index (χ4n) is 1.90. The molecule has 1 rings (SSSR count). The van der Waals surface area contributed by atoms with Crippen LogP contribution in [0.15, 0.2) is 16.5 Å². The van der Waals surface area contributed by atoms with E-state index in [2.05, 4.69) is 18.7 Å². The van der Waals surface area contributed by atoms with Crippen LogP contribution in [0.2, 0.25) is 0 Å². The largest absolute Gasteiger partial charge is 0.465 e. The SMILES string of the molecule is Cc1ccc(CN(C[C@H](O)COC(C)(C)C)C(C)C)o1. The van der Waals surface area contributed by atoms with Gasteiger partial charge in [0.05, 0.1) is 24.9 Å². The Labute approximate surface area is 122 Å². The molecule has 0 aliphatic rings. The highest BCUT2D eigenvalue weighted by Crippen LogP contribution is 2.13. The second-order valence-electron chi connectivity index (χ2n) is 6.61. The summed E-state index contributed by atoms with van der Waals surface area (Å²) in [6.07, 6.45) is -0.493. The van der Waals surface area contributed by atoms with Crippen molar-refractivity contribution in [3.05, 3.63) is 23.7 Å². The highest BCUT2D eigenvalue weighted by molar-refractivity contribution is 5.05. The maximum Gasteiger partial charge on any atom is 0.118 e. The summed E-state index contributed by atoms with van der Waals surface area (Å²) in [6, 6.07) is 4.29. The van der Waals surface area contributed by atoms with Crippen molar-refractivity contribution in [3.63, 3.8) is 0 Å². The zero-order valence-electron chi connectivity index (χ0n) is 13.6. The quantitative estimate of drug-likeness (QED) is 0.835. The van der Waals surface area contributed by atoms with Crippen molar-refractivity contribution < 1.29 is 14.3 Å². The molecule has 1 heterocycles. The number of furan rings is 1. The molecule has 0 fully saturated rings. The fraction of sp³-hybridized carbons (Fsp3) is 0.750. The van der Waals surface area contributed by atoms with E-state index in [0.717, 1.165) is 11.5 Å². The average Bonchev–Trinajstić information content (AvgIpc) is 2.70. The van der Waals surface area contributed by atoms with Crippen molar-refractivity contribution in [2.75, 3.05) is 13.2 Å². The molecular formula is C16H29NO3. The molecule has 0 amide bonds. The van der Waals surface area contributed by atoms with Gasteiger partial charge in [-0.15, -0.1) is 0 Å². The number of hydrogen-bond donors (Lipinski definition) is 1. The normalized spacial score (nSPS) is 14.2. The molecule has 20 heavy (non-hydrogen) atoms. The molecule has 0 saturated heterocycles. The van der Waals surface area contributed by atoms with Gasteiger partial charge in [-0.3, -0.25) is 4.90 Å². The van der Waals surface area contributed by atoms with Gasteiger partial charge in [0.2, 0.25) is 0 Å². The minimum Gasteiger partial charge on any atom is -0.465 e.